The molecule has 26 heavy (non-hydrogen) atoms. The number of H-pyrrole nitrogens is 1. The summed E-state index contributed by atoms with van der Waals surface area (Å²) in [7, 11) is 0. The molecule has 138 valence electrons. The number of rotatable bonds is 7. The summed E-state index contributed by atoms with van der Waals surface area (Å²) in [6.07, 6.45) is 7.00. The molecule has 3 rings (SSSR count). The Balaban J connectivity index is 1.61. The minimum atomic E-state index is -0.897. The lowest BCUT2D eigenvalue weighted by molar-refractivity contribution is -0.131. The first-order chi connectivity index (χ1) is 12.5. The third-order valence-electron chi connectivity index (χ3n) is 5.27. The molecule has 0 bridgehead atoms. The summed E-state index contributed by atoms with van der Waals surface area (Å²) in [5.74, 6) is -0.897. The number of carboxylic acids is 1. The number of benzene rings is 1. The van der Waals surface area contributed by atoms with Gasteiger partial charge >= 0.3 is 5.97 Å². The molecule has 0 amide bonds. The quantitative estimate of drug-likeness (QED) is 0.747. The highest BCUT2D eigenvalue weighted by Gasteiger charge is 2.25. The fourth-order valence-electron chi connectivity index (χ4n) is 3.84. The van der Waals surface area contributed by atoms with Crippen LogP contribution in [0.15, 0.2) is 36.4 Å². The van der Waals surface area contributed by atoms with Gasteiger partial charge in [0.15, 0.2) is 0 Å². The van der Waals surface area contributed by atoms with Crippen LogP contribution in [-0.2, 0) is 17.6 Å². The maximum atomic E-state index is 10.5. The predicted octanol–water partition coefficient (Wildman–Crippen LogP) is 3.59. The number of aliphatic carboxylic acids is 1. The second kappa shape index (κ2) is 8.32. The fourth-order valence-corrected chi connectivity index (χ4v) is 3.84. The average molecular weight is 353 g/mol. The van der Waals surface area contributed by atoms with E-state index in [1.54, 1.807) is 6.08 Å². The first-order valence-electron chi connectivity index (χ1n) is 9.27. The number of nitrogens with zero attached hydrogens (tertiary/aromatic N) is 2. The van der Waals surface area contributed by atoms with Crippen LogP contribution in [0.2, 0.25) is 0 Å². The molecule has 2 aromatic rings. The van der Waals surface area contributed by atoms with Gasteiger partial charge in [0.1, 0.15) is 0 Å². The number of hydrogen-bond acceptors (Lipinski definition) is 3. The normalized spacial score (nSPS) is 18.0. The second-order valence-electron chi connectivity index (χ2n) is 7.04. The molecule has 1 aromatic carbocycles. The van der Waals surface area contributed by atoms with Crippen molar-refractivity contribution in [3.63, 3.8) is 0 Å². The summed E-state index contributed by atoms with van der Waals surface area (Å²) in [5.41, 5.74) is 6.12. The maximum Gasteiger partial charge on any atom is 0.327 e. The van der Waals surface area contributed by atoms with Crippen LogP contribution in [0.3, 0.4) is 0 Å². The highest BCUT2D eigenvalue weighted by atomic mass is 16.4. The molecule has 1 saturated heterocycles. The van der Waals surface area contributed by atoms with Crippen LogP contribution in [0.5, 0.6) is 0 Å². The molecule has 0 aliphatic carbocycles. The van der Waals surface area contributed by atoms with Gasteiger partial charge in [-0.25, -0.2) is 4.79 Å². The first kappa shape index (κ1) is 18.4. The van der Waals surface area contributed by atoms with Gasteiger partial charge in [-0.3, -0.25) is 10.00 Å². The summed E-state index contributed by atoms with van der Waals surface area (Å²) in [6, 6.07) is 9.10. The van der Waals surface area contributed by atoms with Crippen LogP contribution in [0.25, 0.3) is 0 Å². The van der Waals surface area contributed by atoms with E-state index >= 15 is 0 Å². The van der Waals surface area contributed by atoms with Crippen LogP contribution in [0.4, 0.5) is 0 Å². The van der Waals surface area contributed by atoms with Gasteiger partial charge in [0.2, 0.25) is 0 Å². The lowest BCUT2D eigenvalue weighted by atomic mass is 10.0. The van der Waals surface area contributed by atoms with E-state index in [1.165, 1.54) is 35.7 Å². The molecule has 2 N–H and O–H groups in total. The molecule has 1 aromatic heterocycles. The molecule has 0 spiro atoms. The summed E-state index contributed by atoms with van der Waals surface area (Å²) in [6.45, 7) is 6.35. The Kier molecular flexibility index (Phi) is 5.89. The molecule has 1 aliphatic rings. The molecular formula is C21H27N3O2. The average Bonchev–Trinajstić information content (AvgIpc) is 3.20. The van der Waals surface area contributed by atoms with Crippen molar-refractivity contribution in [1.82, 2.24) is 15.1 Å². The van der Waals surface area contributed by atoms with Gasteiger partial charge in [-0.2, -0.15) is 5.10 Å². The Morgan fingerprint density at radius 1 is 1.35 bits per heavy atom. The smallest absolute Gasteiger partial charge is 0.327 e. The number of hydrogen-bond donors (Lipinski definition) is 2. The third kappa shape index (κ3) is 4.41. The van der Waals surface area contributed by atoms with Crippen molar-refractivity contribution in [2.75, 3.05) is 13.1 Å². The Hall–Kier alpha value is -2.40. The van der Waals surface area contributed by atoms with Gasteiger partial charge in [-0.1, -0.05) is 30.3 Å². The van der Waals surface area contributed by atoms with E-state index in [9.17, 15) is 4.79 Å². The molecule has 5 heteroatoms. The Bertz CT molecular complexity index is 758. The van der Waals surface area contributed by atoms with Crippen LogP contribution >= 0.6 is 0 Å². The monoisotopic (exact) mass is 353 g/mol. The summed E-state index contributed by atoms with van der Waals surface area (Å²) in [5, 5.41) is 16.0. The molecule has 1 aliphatic heterocycles. The highest BCUT2D eigenvalue weighted by Crippen LogP contribution is 2.32. The van der Waals surface area contributed by atoms with Crippen molar-refractivity contribution in [3.05, 3.63) is 64.5 Å². The van der Waals surface area contributed by atoms with Gasteiger partial charge in [0.25, 0.3) is 0 Å². The number of nitrogens with one attached hydrogen (secondary N) is 1. The first-order valence-corrected chi connectivity index (χ1v) is 9.27. The summed E-state index contributed by atoms with van der Waals surface area (Å²) >= 11 is 0. The van der Waals surface area contributed by atoms with Crippen molar-refractivity contribution >= 4 is 5.97 Å². The molecular weight excluding hydrogens is 326 g/mol. The van der Waals surface area contributed by atoms with E-state index in [-0.39, 0.29) is 0 Å². The molecule has 2 heterocycles. The molecule has 0 unspecified atom stereocenters. The summed E-state index contributed by atoms with van der Waals surface area (Å²) < 4.78 is 0. The van der Waals surface area contributed by atoms with Crippen molar-refractivity contribution in [3.8, 4) is 0 Å². The topological polar surface area (TPSA) is 69.2 Å². The van der Waals surface area contributed by atoms with E-state index in [0.29, 0.717) is 12.5 Å². The number of aromatic nitrogens is 2. The largest absolute Gasteiger partial charge is 0.478 e. The van der Waals surface area contributed by atoms with Crippen LogP contribution in [0, 0.1) is 13.8 Å². The van der Waals surface area contributed by atoms with Crippen LogP contribution in [0.1, 0.15) is 47.0 Å². The standard InChI is InChI=1S/C21H27N3O2/c1-15-19(16(2)23-22-15)12-14-24-13-4-6-20(24)18-10-8-17(9-11-18)5-3-7-21(25)26/h3,7-11,20H,4-6,12-14H2,1-2H3,(H,22,23)(H,25,26)/b7-3+/t20-/m0/s1. The molecule has 0 saturated carbocycles. The zero-order chi connectivity index (χ0) is 18.5. The van der Waals surface area contributed by atoms with Gasteiger partial charge in [-0.15, -0.1) is 0 Å². The SMILES string of the molecule is Cc1n[nH]c(C)c1CCN1CCC[C@H]1c1ccc(C/C=C/C(=O)O)cc1. The molecule has 5 nitrogen and oxygen atoms in total. The van der Waals surface area contributed by atoms with Gasteiger partial charge in [0, 0.05) is 24.4 Å². The third-order valence-corrected chi connectivity index (χ3v) is 5.27. The minimum absolute atomic E-state index is 0.478. The van der Waals surface area contributed by atoms with Gasteiger partial charge in [-0.05, 0) is 62.8 Å². The number of aromatic amines is 1. The van der Waals surface area contributed by atoms with Crippen LogP contribution in [-0.4, -0.2) is 39.3 Å². The van der Waals surface area contributed by atoms with Crippen molar-refractivity contribution in [2.45, 2.75) is 45.6 Å². The molecule has 1 atom stereocenters. The number of carbonyl (C=O) groups is 1. The lowest BCUT2D eigenvalue weighted by Gasteiger charge is -2.25. The van der Waals surface area contributed by atoms with E-state index < -0.39 is 5.97 Å². The van der Waals surface area contributed by atoms with Crippen molar-refractivity contribution < 1.29 is 9.90 Å². The van der Waals surface area contributed by atoms with E-state index in [4.69, 9.17) is 5.11 Å². The maximum absolute atomic E-state index is 10.5. The zero-order valence-corrected chi connectivity index (χ0v) is 15.5. The number of aryl methyl sites for hydroxylation is 2. The minimum Gasteiger partial charge on any atom is -0.478 e. The van der Waals surface area contributed by atoms with E-state index in [1.807, 2.05) is 0 Å². The fraction of sp³-hybridized carbons (Fsp3) is 0.429. The summed E-state index contributed by atoms with van der Waals surface area (Å²) in [4.78, 5) is 13.1. The Morgan fingerprint density at radius 3 is 2.77 bits per heavy atom. The molecule has 1 fully saturated rings. The number of carboxylic acid groups (broad SMARTS) is 1. The van der Waals surface area contributed by atoms with E-state index in [0.717, 1.165) is 30.8 Å². The van der Waals surface area contributed by atoms with Crippen LogP contribution < -0.4 is 0 Å². The molecule has 0 radical (unpaired) electrons. The Labute approximate surface area is 154 Å². The Morgan fingerprint density at radius 2 is 2.12 bits per heavy atom. The highest BCUT2D eigenvalue weighted by molar-refractivity contribution is 5.79. The van der Waals surface area contributed by atoms with Gasteiger partial charge in [0.05, 0.1) is 5.69 Å². The van der Waals surface area contributed by atoms with E-state index in [2.05, 4.69) is 53.2 Å². The zero-order valence-electron chi connectivity index (χ0n) is 15.5. The second-order valence-corrected chi connectivity index (χ2v) is 7.04. The number of likely N-dealkylation sites (tertiary alicyclic amines) is 1. The predicted molar refractivity (Wildman–Crippen MR) is 102 cm³/mol. The lowest BCUT2D eigenvalue weighted by Crippen LogP contribution is -2.26. The van der Waals surface area contributed by atoms with Gasteiger partial charge < -0.3 is 5.11 Å². The van der Waals surface area contributed by atoms with Crippen molar-refractivity contribution in [2.24, 2.45) is 0 Å². The van der Waals surface area contributed by atoms with Crippen molar-refractivity contribution in [1.29, 1.82) is 0 Å². The number of allylic oxidation sites excluding steroid dienone is 1.